The number of halogens is 1. The molecule has 7 heteroatoms. The van der Waals surface area contributed by atoms with Crippen molar-refractivity contribution in [2.75, 3.05) is 16.3 Å². The van der Waals surface area contributed by atoms with E-state index in [2.05, 4.69) is 95.1 Å². The number of rotatable bonds is 4. The Balaban J connectivity index is 0.000000142. The molecule has 4 heterocycles. The van der Waals surface area contributed by atoms with Crippen LogP contribution in [0.15, 0.2) is 72.0 Å². The van der Waals surface area contributed by atoms with Crippen molar-refractivity contribution in [1.82, 2.24) is 19.9 Å². The standard InChI is InChI=1S/C14H17N3.C13H14BrN3/c1-11-6-7-12-4-2-3-5-14(12)17(11)9-13-8-15-10-16-13;14-11-3-4-13-10(6-11)2-1-5-17(13)8-12-7-15-9-16-12/h2-5,8,10-11H,6-7,9H2,1H3,(H,15,16);3-4,6-7,9H,1-2,5,8H2,(H,15,16). The minimum absolute atomic E-state index is 0.591. The summed E-state index contributed by atoms with van der Waals surface area (Å²) in [6.45, 7) is 5.24. The summed E-state index contributed by atoms with van der Waals surface area (Å²) in [5.41, 5.74) is 7.97. The molecule has 0 fully saturated rings. The number of hydrogen-bond acceptors (Lipinski definition) is 4. The average molecular weight is 519 g/mol. The van der Waals surface area contributed by atoms with Crippen molar-refractivity contribution in [2.24, 2.45) is 0 Å². The van der Waals surface area contributed by atoms with Crippen molar-refractivity contribution in [3.05, 3.63) is 94.5 Å². The van der Waals surface area contributed by atoms with Crippen LogP contribution >= 0.6 is 15.9 Å². The van der Waals surface area contributed by atoms with Crippen molar-refractivity contribution >= 4 is 27.3 Å². The van der Waals surface area contributed by atoms with E-state index in [0.29, 0.717) is 6.04 Å². The molecule has 0 spiro atoms. The Morgan fingerprint density at radius 2 is 1.68 bits per heavy atom. The van der Waals surface area contributed by atoms with Gasteiger partial charge in [-0.25, -0.2) is 9.97 Å². The van der Waals surface area contributed by atoms with E-state index < -0.39 is 0 Å². The summed E-state index contributed by atoms with van der Waals surface area (Å²) in [7, 11) is 0. The van der Waals surface area contributed by atoms with Crippen LogP contribution in [0.5, 0.6) is 0 Å². The second-order valence-corrected chi connectivity index (χ2v) is 10.0. The first-order valence-electron chi connectivity index (χ1n) is 12.0. The van der Waals surface area contributed by atoms with Crippen LogP contribution in [-0.2, 0) is 25.9 Å². The van der Waals surface area contributed by atoms with E-state index in [1.807, 2.05) is 12.4 Å². The Morgan fingerprint density at radius 1 is 0.912 bits per heavy atom. The number of aromatic amines is 2. The zero-order chi connectivity index (χ0) is 23.3. The molecule has 176 valence electrons. The monoisotopic (exact) mass is 518 g/mol. The molecular formula is C27H31BrN6. The number of aromatic nitrogens is 4. The van der Waals surface area contributed by atoms with E-state index in [-0.39, 0.29) is 0 Å². The molecule has 34 heavy (non-hydrogen) atoms. The molecule has 2 aromatic heterocycles. The smallest absolute Gasteiger partial charge is 0.0922 e. The van der Waals surface area contributed by atoms with Gasteiger partial charge in [-0.1, -0.05) is 34.1 Å². The molecule has 6 nitrogen and oxygen atoms in total. The van der Waals surface area contributed by atoms with Gasteiger partial charge in [0.25, 0.3) is 0 Å². The van der Waals surface area contributed by atoms with Crippen molar-refractivity contribution in [3.8, 4) is 0 Å². The summed E-state index contributed by atoms with van der Waals surface area (Å²) in [5, 5.41) is 0. The van der Waals surface area contributed by atoms with Gasteiger partial charge in [-0.15, -0.1) is 0 Å². The molecule has 2 aliphatic rings. The van der Waals surface area contributed by atoms with E-state index in [1.54, 1.807) is 12.7 Å². The van der Waals surface area contributed by atoms with Crippen molar-refractivity contribution < 1.29 is 0 Å². The van der Waals surface area contributed by atoms with Gasteiger partial charge in [0.1, 0.15) is 0 Å². The zero-order valence-corrected chi connectivity index (χ0v) is 21.1. The van der Waals surface area contributed by atoms with Gasteiger partial charge in [-0.05, 0) is 68.0 Å². The van der Waals surface area contributed by atoms with Crippen LogP contribution < -0.4 is 9.80 Å². The molecule has 2 N–H and O–H groups in total. The van der Waals surface area contributed by atoms with Gasteiger partial charge in [-0.2, -0.15) is 0 Å². The minimum Gasteiger partial charge on any atom is -0.365 e. The molecule has 2 aliphatic heterocycles. The first-order chi connectivity index (χ1) is 16.7. The predicted octanol–water partition coefficient (Wildman–Crippen LogP) is 5.88. The van der Waals surface area contributed by atoms with E-state index in [9.17, 15) is 0 Å². The number of hydrogen-bond donors (Lipinski definition) is 2. The molecule has 0 amide bonds. The Morgan fingerprint density at radius 3 is 2.44 bits per heavy atom. The highest BCUT2D eigenvalue weighted by atomic mass is 79.9. The van der Waals surface area contributed by atoms with Gasteiger partial charge in [0, 0.05) is 40.8 Å². The van der Waals surface area contributed by atoms with Crippen LogP contribution in [0.1, 0.15) is 42.3 Å². The lowest BCUT2D eigenvalue weighted by Gasteiger charge is -2.36. The molecule has 4 aromatic rings. The quantitative estimate of drug-likeness (QED) is 0.354. The van der Waals surface area contributed by atoms with E-state index in [1.165, 1.54) is 64.0 Å². The summed E-state index contributed by atoms with van der Waals surface area (Å²) >= 11 is 3.54. The molecule has 0 radical (unpaired) electrons. The fraction of sp³-hybridized carbons (Fsp3) is 0.333. The van der Waals surface area contributed by atoms with Gasteiger partial charge in [0.05, 0.1) is 37.1 Å². The van der Waals surface area contributed by atoms with E-state index in [0.717, 1.165) is 19.6 Å². The molecule has 6 rings (SSSR count). The number of aryl methyl sites for hydroxylation is 2. The van der Waals surface area contributed by atoms with Gasteiger partial charge < -0.3 is 19.8 Å². The highest BCUT2D eigenvalue weighted by Gasteiger charge is 2.23. The highest BCUT2D eigenvalue weighted by molar-refractivity contribution is 9.10. The van der Waals surface area contributed by atoms with Gasteiger partial charge in [-0.3, -0.25) is 0 Å². The first-order valence-corrected chi connectivity index (χ1v) is 12.8. The first kappa shape index (κ1) is 22.7. The molecule has 2 aromatic carbocycles. The number of anilines is 2. The SMILES string of the molecule is Brc1ccc2c(c1)CCCN2Cc1cnc[nH]1.CC1CCc2ccccc2N1Cc1cnc[nH]1. The molecule has 0 saturated carbocycles. The number of nitrogens with zero attached hydrogens (tertiary/aromatic N) is 4. The summed E-state index contributed by atoms with van der Waals surface area (Å²) in [6.07, 6.45) is 12.1. The molecular weight excluding hydrogens is 488 g/mol. The lowest BCUT2D eigenvalue weighted by atomic mass is 9.96. The zero-order valence-electron chi connectivity index (χ0n) is 19.5. The van der Waals surface area contributed by atoms with Crippen molar-refractivity contribution in [3.63, 3.8) is 0 Å². The molecule has 1 unspecified atom stereocenters. The maximum atomic E-state index is 4.09. The van der Waals surface area contributed by atoms with Crippen molar-refractivity contribution in [2.45, 2.75) is 51.7 Å². The summed E-state index contributed by atoms with van der Waals surface area (Å²) in [6, 6.07) is 15.9. The molecule has 0 saturated heterocycles. The minimum atomic E-state index is 0.591. The van der Waals surface area contributed by atoms with Crippen LogP contribution in [0.3, 0.4) is 0 Å². The predicted molar refractivity (Wildman–Crippen MR) is 141 cm³/mol. The normalized spacial score (nSPS) is 16.9. The lowest BCUT2D eigenvalue weighted by Crippen LogP contribution is -2.36. The fourth-order valence-corrected chi connectivity index (χ4v) is 5.35. The number of imidazole rings is 2. The van der Waals surface area contributed by atoms with E-state index in [4.69, 9.17) is 0 Å². The van der Waals surface area contributed by atoms with Crippen LogP contribution in [-0.4, -0.2) is 32.5 Å². The largest absolute Gasteiger partial charge is 0.365 e. The van der Waals surface area contributed by atoms with Crippen LogP contribution in [0, 0.1) is 0 Å². The fourth-order valence-electron chi connectivity index (χ4n) is 4.94. The summed E-state index contributed by atoms with van der Waals surface area (Å²) in [5.74, 6) is 0. The number of benzene rings is 2. The Labute approximate surface area is 209 Å². The van der Waals surface area contributed by atoms with Crippen LogP contribution in [0.4, 0.5) is 11.4 Å². The second kappa shape index (κ2) is 10.5. The van der Waals surface area contributed by atoms with Gasteiger partial charge in [0.15, 0.2) is 0 Å². The number of nitrogens with one attached hydrogen (secondary N) is 2. The van der Waals surface area contributed by atoms with Gasteiger partial charge in [0.2, 0.25) is 0 Å². The highest BCUT2D eigenvalue weighted by Crippen LogP contribution is 2.32. The Kier molecular flexibility index (Phi) is 7.00. The Hall–Kier alpha value is -3.06. The molecule has 1 atom stereocenters. The molecule has 0 aliphatic carbocycles. The van der Waals surface area contributed by atoms with Crippen molar-refractivity contribution in [1.29, 1.82) is 0 Å². The van der Waals surface area contributed by atoms with Gasteiger partial charge >= 0.3 is 0 Å². The van der Waals surface area contributed by atoms with Crippen LogP contribution in [0.2, 0.25) is 0 Å². The van der Waals surface area contributed by atoms with E-state index >= 15 is 0 Å². The summed E-state index contributed by atoms with van der Waals surface area (Å²) < 4.78 is 1.17. The maximum absolute atomic E-state index is 4.09. The third-order valence-electron chi connectivity index (χ3n) is 6.73. The third-order valence-corrected chi connectivity index (χ3v) is 7.23. The lowest BCUT2D eigenvalue weighted by molar-refractivity contribution is 0.557. The second-order valence-electron chi connectivity index (χ2n) is 9.10. The summed E-state index contributed by atoms with van der Waals surface area (Å²) in [4.78, 5) is 19.4. The maximum Gasteiger partial charge on any atom is 0.0922 e. The topological polar surface area (TPSA) is 63.8 Å². The number of H-pyrrole nitrogens is 2. The van der Waals surface area contributed by atoms with Crippen LogP contribution in [0.25, 0.3) is 0 Å². The third kappa shape index (κ3) is 5.20. The average Bonchev–Trinajstić information content (AvgIpc) is 3.56. The molecule has 0 bridgehead atoms. The number of fused-ring (bicyclic) bond motifs is 2. The number of para-hydroxylation sites is 1. The Bertz CT molecular complexity index is 1190.